The number of aryl methyl sites for hydroxylation is 3. The summed E-state index contributed by atoms with van der Waals surface area (Å²) in [6.45, 7) is 13.9. The second-order valence-electron chi connectivity index (χ2n) is 9.74. The summed E-state index contributed by atoms with van der Waals surface area (Å²) >= 11 is 8.08. The molecule has 0 radical (unpaired) electrons. The van der Waals surface area contributed by atoms with E-state index in [1.807, 2.05) is 45.9 Å². The molecule has 1 aliphatic rings. The van der Waals surface area contributed by atoms with Crippen molar-refractivity contribution in [3.8, 4) is 5.00 Å². The molecular formula is C26H31ClN4O2S. The SMILES string of the molecule is CCCc1cc(Cl)ccc1C1=N[C@@H](CC(=O)OC(C)(C)C)c2nnc(C)n2-c2sc(C)c(C)c21. The van der Waals surface area contributed by atoms with Gasteiger partial charge in [0.2, 0.25) is 0 Å². The Morgan fingerprint density at radius 3 is 2.62 bits per heavy atom. The number of esters is 1. The number of halogens is 1. The van der Waals surface area contributed by atoms with Gasteiger partial charge in [-0.25, -0.2) is 0 Å². The molecule has 1 atom stereocenters. The number of ether oxygens (including phenoxy) is 1. The maximum Gasteiger partial charge on any atom is 0.308 e. The molecule has 0 unspecified atom stereocenters. The summed E-state index contributed by atoms with van der Waals surface area (Å²) < 4.78 is 7.70. The van der Waals surface area contributed by atoms with Crippen LogP contribution >= 0.6 is 22.9 Å². The lowest BCUT2D eigenvalue weighted by Gasteiger charge is -2.21. The van der Waals surface area contributed by atoms with Crippen molar-refractivity contribution in [1.82, 2.24) is 14.8 Å². The average Bonchev–Trinajstić information content (AvgIpc) is 3.20. The van der Waals surface area contributed by atoms with Gasteiger partial charge in [0.15, 0.2) is 5.82 Å². The molecule has 0 amide bonds. The van der Waals surface area contributed by atoms with Crippen molar-refractivity contribution < 1.29 is 9.53 Å². The number of nitrogens with zero attached hydrogens (tertiary/aromatic N) is 4. The quantitative estimate of drug-likeness (QED) is 0.377. The molecule has 0 N–H and O–H groups in total. The first-order valence-electron chi connectivity index (χ1n) is 11.6. The molecule has 3 aromatic rings. The third-order valence-corrected chi connectivity index (χ3v) is 7.29. The first-order valence-corrected chi connectivity index (χ1v) is 12.8. The lowest BCUT2D eigenvalue weighted by molar-refractivity contribution is -0.155. The Morgan fingerprint density at radius 2 is 1.94 bits per heavy atom. The van der Waals surface area contributed by atoms with Crippen LogP contribution in [0.25, 0.3) is 5.00 Å². The van der Waals surface area contributed by atoms with Crippen LogP contribution < -0.4 is 0 Å². The van der Waals surface area contributed by atoms with E-state index in [0.29, 0.717) is 10.8 Å². The maximum absolute atomic E-state index is 12.9. The molecule has 180 valence electrons. The van der Waals surface area contributed by atoms with Gasteiger partial charge in [0.1, 0.15) is 22.5 Å². The number of benzene rings is 1. The zero-order valence-corrected chi connectivity index (χ0v) is 22.4. The van der Waals surface area contributed by atoms with Crippen molar-refractivity contribution in [2.24, 2.45) is 4.99 Å². The topological polar surface area (TPSA) is 69.4 Å². The molecule has 0 bridgehead atoms. The highest BCUT2D eigenvalue weighted by Gasteiger charge is 2.34. The summed E-state index contributed by atoms with van der Waals surface area (Å²) in [4.78, 5) is 19.3. The molecule has 34 heavy (non-hydrogen) atoms. The fourth-order valence-electron chi connectivity index (χ4n) is 4.32. The number of fused-ring (bicyclic) bond motifs is 3. The predicted molar refractivity (Wildman–Crippen MR) is 138 cm³/mol. The fourth-order valence-corrected chi connectivity index (χ4v) is 5.73. The van der Waals surface area contributed by atoms with Crippen LogP contribution in [0.4, 0.5) is 0 Å². The lowest BCUT2D eigenvalue weighted by atomic mass is 9.93. The van der Waals surface area contributed by atoms with Crippen LogP contribution in [0.1, 0.15) is 85.4 Å². The highest BCUT2D eigenvalue weighted by molar-refractivity contribution is 7.15. The largest absolute Gasteiger partial charge is 0.460 e. The van der Waals surface area contributed by atoms with Crippen LogP contribution in [0.2, 0.25) is 5.02 Å². The van der Waals surface area contributed by atoms with Crippen LogP contribution in [-0.4, -0.2) is 32.0 Å². The maximum atomic E-state index is 12.9. The zero-order valence-electron chi connectivity index (χ0n) is 20.8. The Kier molecular flexibility index (Phi) is 6.71. The number of aromatic nitrogens is 3. The van der Waals surface area contributed by atoms with E-state index in [9.17, 15) is 4.79 Å². The first-order chi connectivity index (χ1) is 16.0. The zero-order chi connectivity index (χ0) is 24.8. The van der Waals surface area contributed by atoms with Crippen LogP contribution in [0.3, 0.4) is 0 Å². The molecule has 0 saturated heterocycles. The molecule has 1 aliphatic heterocycles. The Morgan fingerprint density at radius 1 is 1.21 bits per heavy atom. The van der Waals surface area contributed by atoms with E-state index < -0.39 is 11.6 Å². The second-order valence-corrected chi connectivity index (χ2v) is 11.4. The Bertz CT molecular complexity index is 1280. The van der Waals surface area contributed by atoms with Gasteiger partial charge in [-0.3, -0.25) is 14.4 Å². The van der Waals surface area contributed by atoms with Crippen molar-refractivity contribution in [2.45, 2.75) is 79.4 Å². The van der Waals surface area contributed by atoms with Gasteiger partial charge in [-0.1, -0.05) is 31.0 Å². The van der Waals surface area contributed by atoms with E-state index in [-0.39, 0.29) is 12.4 Å². The average molecular weight is 499 g/mol. The van der Waals surface area contributed by atoms with Crippen LogP contribution in [0.5, 0.6) is 0 Å². The fraction of sp³-hybridized carbons (Fsp3) is 0.462. The molecule has 1 aromatic carbocycles. The van der Waals surface area contributed by atoms with Gasteiger partial charge in [-0.2, -0.15) is 0 Å². The van der Waals surface area contributed by atoms with Crippen LogP contribution in [-0.2, 0) is 16.0 Å². The third-order valence-electron chi connectivity index (χ3n) is 5.86. The van der Waals surface area contributed by atoms with E-state index in [4.69, 9.17) is 21.3 Å². The van der Waals surface area contributed by atoms with E-state index in [2.05, 4.69) is 35.5 Å². The smallest absolute Gasteiger partial charge is 0.308 e. The van der Waals surface area contributed by atoms with Crippen molar-refractivity contribution >= 4 is 34.6 Å². The number of thiophene rings is 1. The van der Waals surface area contributed by atoms with E-state index >= 15 is 0 Å². The summed E-state index contributed by atoms with van der Waals surface area (Å²) in [5.74, 6) is 1.12. The summed E-state index contributed by atoms with van der Waals surface area (Å²) in [5, 5.41) is 10.6. The van der Waals surface area contributed by atoms with Gasteiger partial charge < -0.3 is 4.74 Å². The van der Waals surface area contributed by atoms with Gasteiger partial charge in [0.25, 0.3) is 0 Å². The third kappa shape index (κ3) is 4.68. The van der Waals surface area contributed by atoms with Gasteiger partial charge in [-0.05, 0) is 71.2 Å². The summed E-state index contributed by atoms with van der Waals surface area (Å²) in [6.07, 6.45) is 1.96. The summed E-state index contributed by atoms with van der Waals surface area (Å²) in [6, 6.07) is 5.46. The van der Waals surface area contributed by atoms with E-state index in [1.54, 1.807) is 11.3 Å². The van der Waals surface area contributed by atoms with Crippen molar-refractivity contribution in [3.63, 3.8) is 0 Å². The summed E-state index contributed by atoms with van der Waals surface area (Å²) in [7, 11) is 0. The number of rotatable bonds is 5. The standard InChI is InChI=1S/C26H31ClN4O2S/c1-8-9-17-12-18(27)10-11-19(17)23-22-14(2)15(3)34-25(22)31-16(4)29-30-24(31)20(28-23)13-21(32)33-26(5,6)7/h10-12,20H,8-9,13H2,1-7H3/t20-/m0/s1. The molecule has 6 nitrogen and oxygen atoms in total. The van der Waals surface area contributed by atoms with Gasteiger partial charge in [0.05, 0.1) is 12.1 Å². The van der Waals surface area contributed by atoms with Gasteiger partial charge in [-0.15, -0.1) is 21.5 Å². The number of hydrogen-bond donors (Lipinski definition) is 0. The molecule has 4 rings (SSSR count). The summed E-state index contributed by atoms with van der Waals surface area (Å²) in [5.41, 5.74) is 4.73. The first kappa shape index (κ1) is 24.6. The molecule has 8 heteroatoms. The number of carbonyl (C=O) groups excluding carboxylic acids is 1. The Labute approximate surface area is 210 Å². The van der Waals surface area contributed by atoms with Crippen molar-refractivity contribution in [2.75, 3.05) is 0 Å². The molecule has 0 aliphatic carbocycles. The molecule has 3 heterocycles. The van der Waals surface area contributed by atoms with Gasteiger partial charge in [0, 0.05) is 21.0 Å². The van der Waals surface area contributed by atoms with E-state index in [0.717, 1.165) is 46.1 Å². The number of hydrogen-bond acceptors (Lipinski definition) is 6. The molecule has 0 fully saturated rings. The molecule has 0 spiro atoms. The Hall–Kier alpha value is -2.51. The van der Waals surface area contributed by atoms with Crippen molar-refractivity contribution in [3.05, 3.63) is 62.0 Å². The monoisotopic (exact) mass is 498 g/mol. The van der Waals surface area contributed by atoms with Crippen LogP contribution in [0, 0.1) is 20.8 Å². The minimum Gasteiger partial charge on any atom is -0.460 e. The Balaban J connectivity index is 1.96. The predicted octanol–water partition coefficient (Wildman–Crippen LogP) is 6.48. The minimum atomic E-state index is -0.575. The van der Waals surface area contributed by atoms with Crippen LogP contribution in [0.15, 0.2) is 23.2 Å². The molecular weight excluding hydrogens is 468 g/mol. The highest BCUT2D eigenvalue weighted by atomic mass is 35.5. The van der Waals surface area contributed by atoms with E-state index in [1.165, 1.54) is 10.4 Å². The normalized spacial score (nSPS) is 15.4. The number of carbonyl (C=O) groups is 1. The highest BCUT2D eigenvalue weighted by Crippen LogP contribution is 2.40. The minimum absolute atomic E-state index is 0.0859. The molecule has 0 saturated carbocycles. The van der Waals surface area contributed by atoms with Gasteiger partial charge >= 0.3 is 5.97 Å². The second kappa shape index (κ2) is 9.27. The number of aliphatic imine (C=N–C) groups is 1. The molecule has 2 aromatic heterocycles. The van der Waals surface area contributed by atoms with Crippen molar-refractivity contribution in [1.29, 1.82) is 0 Å². The lowest BCUT2D eigenvalue weighted by Crippen LogP contribution is -2.25.